The van der Waals surface area contributed by atoms with E-state index in [1.54, 1.807) is 0 Å². The zero-order chi connectivity index (χ0) is 11.5. The minimum absolute atomic E-state index is 0.442. The summed E-state index contributed by atoms with van der Waals surface area (Å²) in [6.45, 7) is 1.50. The molecule has 0 bridgehead atoms. The maximum absolute atomic E-state index is 5.77. The molecule has 0 amide bonds. The second-order valence-electron chi connectivity index (χ2n) is 4.12. The van der Waals surface area contributed by atoms with E-state index in [2.05, 4.69) is 33.9 Å². The normalized spacial score (nSPS) is 19.2. The van der Waals surface area contributed by atoms with E-state index in [0.717, 1.165) is 41.9 Å². The summed E-state index contributed by atoms with van der Waals surface area (Å²) in [5, 5.41) is 0. The van der Waals surface area contributed by atoms with Gasteiger partial charge >= 0.3 is 0 Å². The first kappa shape index (κ1) is 11.7. The Hall–Kier alpha value is -0.740. The van der Waals surface area contributed by atoms with Crippen molar-refractivity contribution in [3.8, 4) is 5.75 Å². The Morgan fingerprint density at radius 3 is 3.12 bits per heavy atom. The summed E-state index contributed by atoms with van der Waals surface area (Å²) in [6, 6.07) is 6.60. The third-order valence-corrected chi connectivity index (χ3v) is 3.52. The molecule has 1 unspecified atom stereocenters. The topological polar surface area (TPSA) is 38.5 Å². The Bertz CT molecular complexity index is 370. The lowest BCUT2D eigenvalue weighted by Crippen LogP contribution is -2.40. The molecule has 1 aromatic carbocycles. The lowest BCUT2D eigenvalue weighted by atomic mass is 10.1. The van der Waals surface area contributed by atoms with Crippen LogP contribution in [-0.4, -0.2) is 26.2 Å². The van der Waals surface area contributed by atoms with E-state index in [1.807, 2.05) is 12.1 Å². The molecule has 0 saturated carbocycles. The van der Waals surface area contributed by atoms with Gasteiger partial charge in [0.05, 0.1) is 11.7 Å². The number of anilines is 1. The first-order valence-electron chi connectivity index (χ1n) is 5.57. The van der Waals surface area contributed by atoms with Crippen LogP contribution in [-0.2, 0) is 0 Å². The largest absolute Gasteiger partial charge is 0.489 e. The van der Waals surface area contributed by atoms with Gasteiger partial charge in [-0.2, -0.15) is 0 Å². The zero-order valence-corrected chi connectivity index (χ0v) is 11.0. The number of halogens is 1. The van der Waals surface area contributed by atoms with Gasteiger partial charge in [0.25, 0.3) is 0 Å². The smallest absolute Gasteiger partial charge is 0.143 e. The Morgan fingerprint density at radius 1 is 1.56 bits per heavy atom. The quantitative estimate of drug-likeness (QED) is 0.926. The number of nitrogens with zero attached hydrogens (tertiary/aromatic N) is 1. The molecule has 88 valence electrons. The lowest BCUT2D eigenvalue weighted by Gasteiger charge is -2.36. The molecule has 1 aromatic rings. The van der Waals surface area contributed by atoms with Crippen LogP contribution < -0.4 is 15.4 Å². The van der Waals surface area contributed by atoms with Crippen LogP contribution >= 0.6 is 15.9 Å². The molecule has 0 fully saturated rings. The fourth-order valence-electron chi connectivity index (χ4n) is 2.02. The molecule has 3 nitrogen and oxygen atoms in total. The van der Waals surface area contributed by atoms with Gasteiger partial charge < -0.3 is 15.4 Å². The van der Waals surface area contributed by atoms with Crippen molar-refractivity contribution in [2.75, 3.05) is 25.1 Å². The lowest BCUT2D eigenvalue weighted by molar-refractivity contribution is 0.258. The van der Waals surface area contributed by atoms with Gasteiger partial charge in [-0.25, -0.2) is 0 Å². The molecule has 1 atom stereocenters. The molecule has 2 rings (SSSR count). The fraction of sp³-hybridized carbons (Fsp3) is 0.500. The Kier molecular flexibility index (Phi) is 3.71. The first-order valence-corrected chi connectivity index (χ1v) is 6.37. The summed E-state index contributed by atoms with van der Waals surface area (Å²) >= 11 is 3.45. The van der Waals surface area contributed by atoms with E-state index >= 15 is 0 Å². The highest BCUT2D eigenvalue weighted by Crippen LogP contribution is 2.35. The van der Waals surface area contributed by atoms with Gasteiger partial charge in [0.2, 0.25) is 0 Å². The van der Waals surface area contributed by atoms with Gasteiger partial charge in [-0.3, -0.25) is 0 Å². The van der Waals surface area contributed by atoms with Gasteiger partial charge in [-0.1, -0.05) is 15.9 Å². The minimum Gasteiger partial charge on any atom is -0.489 e. The molecule has 0 aromatic heterocycles. The van der Waals surface area contributed by atoms with Crippen molar-refractivity contribution in [3.63, 3.8) is 0 Å². The van der Waals surface area contributed by atoms with Crippen molar-refractivity contribution in [3.05, 3.63) is 22.7 Å². The third kappa shape index (κ3) is 2.33. The van der Waals surface area contributed by atoms with Gasteiger partial charge in [-0.05, 0) is 37.6 Å². The van der Waals surface area contributed by atoms with Gasteiger partial charge in [-0.15, -0.1) is 0 Å². The number of nitrogens with two attached hydrogens (primary N) is 1. The molecule has 1 aliphatic rings. The molecular weight excluding hydrogens is 268 g/mol. The van der Waals surface area contributed by atoms with Crippen molar-refractivity contribution in [1.29, 1.82) is 0 Å². The highest BCUT2D eigenvalue weighted by molar-refractivity contribution is 9.10. The highest BCUT2D eigenvalue weighted by atomic mass is 79.9. The third-order valence-electron chi connectivity index (χ3n) is 3.02. The van der Waals surface area contributed by atoms with Crippen molar-refractivity contribution >= 4 is 21.6 Å². The van der Waals surface area contributed by atoms with E-state index in [-0.39, 0.29) is 0 Å². The van der Waals surface area contributed by atoms with E-state index in [0.29, 0.717) is 6.04 Å². The molecule has 16 heavy (non-hydrogen) atoms. The van der Waals surface area contributed by atoms with Gasteiger partial charge in [0.1, 0.15) is 12.4 Å². The van der Waals surface area contributed by atoms with Crippen molar-refractivity contribution < 1.29 is 4.74 Å². The Labute approximate surface area is 105 Å². The van der Waals surface area contributed by atoms with E-state index in [1.165, 1.54) is 0 Å². The second-order valence-corrected chi connectivity index (χ2v) is 5.03. The van der Waals surface area contributed by atoms with Crippen LogP contribution in [0.4, 0.5) is 5.69 Å². The highest BCUT2D eigenvalue weighted by Gasteiger charge is 2.23. The zero-order valence-electron chi connectivity index (χ0n) is 9.45. The SMILES string of the molecule is CN1c2ccc(Br)cc2OCC1CCCN. The Balaban J connectivity index is 2.15. The summed E-state index contributed by atoms with van der Waals surface area (Å²) in [6.07, 6.45) is 2.13. The van der Waals surface area contributed by atoms with E-state index in [4.69, 9.17) is 10.5 Å². The molecule has 2 N–H and O–H groups in total. The molecule has 0 saturated heterocycles. The number of hydrogen-bond acceptors (Lipinski definition) is 3. The standard InChI is InChI=1S/C12H17BrN2O/c1-15-10(3-2-6-14)8-16-12-7-9(13)4-5-11(12)15/h4-5,7,10H,2-3,6,8,14H2,1H3. The van der Waals surface area contributed by atoms with Crippen molar-refractivity contribution in [1.82, 2.24) is 0 Å². The second kappa shape index (κ2) is 5.06. The number of rotatable bonds is 3. The first-order chi connectivity index (χ1) is 7.72. The van der Waals surface area contributed by atoms with Crippen molar-refractivity contribution in [2.45, 2.75) is 18.9 Å². The van der Waals surface area contributed by atoms with E-state index < -0.39 is 0 Å². The predicted molar refractivity (Wildman–Crippen MR) is 70.1 cm³/mol. The molecule has 0 radical (unpaired) electrons. The van der Waals surface area contributed by atoms with Crippen LogP contribution in [0, 0.1) is 0 Å². The number of ether oxygens (including phenoxy) is 1. The summed E-state index contributed by atoms with van der Waals surface area (Å²) in [4.78, 5) is 2.29. The van der Waals surface area contributed by atoms with Crippen LogP contribution in [0.5, 0.6) is 5.75 Å². The van der Waals surface area contributed by atoms with Crippen molar-refractivity contribution in [2.24, 2.45) is 5.73 Å². The average molecular weight is 285 g/mol. The van der Waals surface area contributed by atoms with E-state index in [9.17, 15) is 0 Å². The number of likely N-dealkylation sites (N-methyl/N-ethyl adjacent to an activating group) is 1. The number of benzene rings is 1. The summed E-state index contributed by atoms with van der Waals surface area (Å²) in [5.74, 6) is 0.959. The van der Waals surface area contributed by atoms with Crippen LogP contribution in [0.25, 0.3) is 0 Å². The monoisotopic (exact) mass is 284 g/mol. The summed E-state index contributed by atoms with van der Waals surface area (Å²) < 4.78 is 6.83. The summed E-state index contributed by atoms with van der Waals surface area (Å²) in [7, 11) is 2.12. The van der Waals surface area contributed by atoms with Crippen LogP contribution in [0.3, 0.4) is 0 Å². The van der Waals surface area contributed by atoms with Gasteiger partial charge in [0.15, 0.2) is 0 Å². The van der Waals surface area contributed by atoms with Gasteiger partial charge in [0, 0.05) is 11.5 Å². The molecular formula is C12H17BrN2O. The molecule has 0 aliphatic carbocycles. The average Bonchev–Trinajstić information content (AvgIpc) is 2.28. The maximum Gasteiger partial charge on any atom is 0.143 e. The van der Waals surface area contributed by atoms with Crippen LogP contribution in [0.2, 0.25) is 0 Å². The minimum atomic E-state index is 0.442. The Morgan fingerprint density at radius 2 is 2.38 bits per heavy atom. The molecule has 1 aliphatic heterocycles. The fourth-order valence-corrected chi connectivity index (χ4v) is 2.36. The van der Waals surface area contributed by atoms with Crippen LogP contribution in [0.1, 0.15) is 12.8 Å². The summed E-state index contributed by atoms with van der Waals surface area (Å²) in [5.41, 5.74) is 6.70. The molecule has 4 heteroatoms. The number of hydrogen-bond donors (Lipinski definition) is 1. The predicted octanol–water partition coefficient (Wildman–Crippen LogP) is 2.39. The number of fused-ring (bicyclic) bond motifs is 1. The van der Waals surface area contributed by atoms with Crippen LogP contribution in [0.15, 0.2) is 22.7 Å². The molecule has 0 spiro atoms. The maximum atomic E-state index is 5.77. The molecule has 1 heterocycles.